The van der Waals surface area contributed by atoms with Crippen molar-refractivity contribution in [1.82, 2.24) is 10.6 Å². The molecule has 10 nitrogen and oxygen atoms in total. The van der Waals surface area contributed by atoms with Crippen molar-refractivity contribution in [3.63, 3.8) is 0 Å². The van der Waals surface area contributed by atoms with Gasteiger partial charge < -0.3 is 46.9 Å². The molecule has 2 fully saturated rings. The van der Waals surface area contributed by atoms with Gasteiger partial charge in [-0.15, -0.1) is 0 Å². The fraction of sp³-hybridized carbons (Fsp3) is 0.833. The molecule has 1 amide bonds. The molecule has 5 unspecified atom stereocenters. The quantitative estimate of drug-likeness (QED) is 0.216. The van der Waals surface area contributed by atoms with Gasteiger partial charge in [-0.25, -0.2) is 0 Å². The first-order valence-corrected chi connectivity index (χ1v) is 9.88. The summed E-state index contributed by atoms with van der Waals surface area (Å²) in [6.07, 6.45) is 2.40. The minimum atomic E-state index is -1.49. The summed E-state index contributed by atoms with van der Waals surface area (Å²) in [5.41, 5.74) is 10.3. The molecular weight excluding hydrogens is 368 g/mol. The fourth-order valence-corrected chi connectivity index (χ4v) is 3.76. The number of hydrogen-bond acceptors (Lipinski definition) is 9. The first-order chi connectivity index (χ1) is 13.3. The average molecular weight is 400 g/mol. The van der Waals surface area contributed by atoms with Crippen LogP contribution in [0.25, 0.3) is 0 Å². The Kier molecular flexibility index (Phi) is 6.92. The fourth-order valence-electron chi connectivity index (χ4n) is 3.76. The predicted molar refractivity (Wildman–Crippen MR) is 99.7 cm³/mol. The summed E-state index contributed by atoms with van der Waals surface area (Å²) in [5.74, 6) is 0.229. The molecule has 0 aromatic heterocycles. The topological polar surface area (TPSA) is 172 Å². The molecule has 2 aliphatic carbocycles. The number of nitrogens with one attached hydrogen (secondary N) is 2. The largest absolute Gasteiger partial charge is 0.468 e. The molecule has 0 saturated heterocycles. The maximum absolute atomic E-state index is 12.1. The number of aliphatic hydroxyl groups excluding tert-OH is 2. The van der Waals surface area contributed by atoms with Gasteiger partial charge in [-0.3, -0.25) is 4.79 Å². The summed E-state index contributed by atoms with van der Waals surface area (Å²) < 4.78 is 11.7. The van der Waals surface area contributed by atoms with Crippen LogP contribution in [-0.2, 0) is 14.3 Å². The molecule has 10 heteroatoms. The van der Waals surface area contributed by atoms with Crippen molar-refractivity contribution < 1.29 is 29.6 Å². The molecule has 9 N–H and O–H groups in total. The first-order valence-electron chi connectivity index (χ1n) is 9.88. The molecule has 7 atom stereocenters. The van der Waals surface area contributed by atoms with Crippen LogP contribution in [0.4, 0.5) is 0 Å². The highest BCUT2D eigenvalue weighted by molar-refractivity contribution is 5.89. The van der Waals surface area contributed by atoms with E-state index in [-0.39, 0.29) is 25.5 Å². The third kappa shape index (κ3) is 5.01. The van der Waals surface area contributed by atoms with E-state index in [1.54, 1.807) is 0 Å². The SMILES string of the molecule is NC1CC(NC(=O)C2(O)CC2N)CC(O)[C@@H]1O[C@@H]1CCC=C(CNCCO)O1. The number of amides is 1. The van der Waals surface area contributed by atoms with Crippen LogP contribution < -0.4 is 22.1 Å². The van der Waals surface area contributed by atoms with Crippen LogP contribution in [0.1, 0.15) is 32.1 Å². The molecule has 1 heterocycles. The van der Waals surface area contributed by atoms with E-state index in [2.05, 4.69) is 10.6 Å². The number of nitrogens with two attached hydrogens (primary N) is 2. The molecule has 3 rings (SSSR count). The van der Waals surface area contributed by atoms with Crippen molar-refractivity contribution in [1.29, 1.82) is 0 Å². The minimum absolute atomic E-state index is 0.0529. The zero-order valence-electron chi connectivity index (χ0n) is 15.9. The van der Waals surface area contributed by atoms with Crippen molar-refractivity contribution in [2.24, 2.45) is 11.5 Å². The number of carbonyl (C=O) groups is 1. The van der Waals surface area contributed by atoms with E-state index in [1.807, 2.05) is 6.08 Å². The molecule has 0 aromatic rings. The number of ether oxygens (including phenoxy) is 2. The van der Waals surface area contributed by atoms with Gasteiger partial charge in [0.15, 0.2) is 11.9 Å². The highest BCUT2D eigenvalue weighted by Gasteiger charge is 2.57. The Morgan fingerprint density at radius 2 is 2.14 bits per heavy atom. The Hall–Kier alpha value is -1.27. The van der Waals surface area contributed by atoms with E-state index in [0.29, 0.717) is 25.9 Å². The summed E-state index contributed by atoms with van der Waals surface area (Å²) in [6.45, 7) is 1.03. The molecule has 28 heavy (non-hydrogen) atoms. The molecule has 160 valence electrons. The lowest BCUT2D eigenvalue weighted by Gasteiger charge is -2.40. The van der Waals surface area contributed by atoms with Gasteiger partial charge in [-0.2, -0.15) is 0 Å². The summed E-state index contributed by atoms with van der Waals surface area (Å²) in [6, 6.07) is -1.37. The second-order valence-corrected chi connectivity index (χ2v) is 7.90. The average Bonchev–Trinajstić information content (AvgIpc) is 3.27. The summed E-state index contributed by atoms with van der Waals surface area (Å²) in [5, 5.41) is 35.1. The molecular formula is C18H32N4O6. The van der Waals surface area contributed by atoms with Crippen LogP contribution in [-0.4, -0.2) is 83.1 Å². The predicted octanol–water partition coefficient (Wildman–Crippen LogP) is -2.60. The smallest absolute Gasteiger partial charge is 0.253 e. The van der Waals surface area contributed by atoms with Crippen molar-refractivity contribution >= 4 is 5.91 Å². The second kappa shape index (κ2) is 9.04. The highest BCUT2D eigenvalue weighted by atomic mass is 16.7. The molecule has 0 aromatic carbocycles. The van der Waals surface area contributed by atoms with Crippen LogP contribution in [0.3, 0.4) is 0 Å². The zero-order valence-corrected chi connectivity index (χ0v) is 15.9. The molecule has 0 bridgehead atoms. The highest BCUT2D eigenvalue weighted by Crippen LogP contribution is 2.34. The lowest BCUT2D eigenvalue weighted by molar-refractivity contribution is -0.196. The van der Waals surface area contributed by atoms with Crippen molar-refractivity contribution in [3.8, 4) is 0 Å². The number of rotatable bonds is 8. The third-order valence-electron chi connectivity index (χ3n) is 5.55. The first kappa shape index (κ1) is 21.4. The van der Waals surface area contributed by atoms with Crippen LogP contribution >= 0.6 is 0 Å². The van der Waals surface area contributed by atoms with Crippen molar-refractivity contribution in [2.45, 2.75) is 74.3 Å². The van der Waals surface area contributed by atoms with Crippen molar-refractivity contribution in [3.05, 3.63) is 11.8 Å². The number of hydrogen-bond donors (Lipinski definition) is 7. The van der Waals surface area contributed by atoms with Crippen LogP contribution in [0.15, 0.2) is 11.8 Å². The van der Waals surface area contributed by atoms with E-state index in [4.69, 9.17) is 26.0 Å². The minimum Gasteiger partial charge on any atom is -0.468 e. The molecule has 2 saturated carbocycles. The van der Waals surface area contributed by atoms with Gasteiger partial charge in [-0.05, 0) is 25.3 Å². The number of carbonyl (C=O) groups excluding carboxylic acids is 1. The van der Waals surface area contributed by atoms with Gasteiger partial charge in [-0.1, -0.05) is 0 Å². The zero-order chi connectivity index (χ0) is 20.3. The summed E-state index contributed by atoms with van der Waals surface area (Å²) in [7, 11) is 0. The van der Waals surface area contributed by atoms with Gasteiger partial charge in [0.2, 0.25) is 0 Å². The van der Waals surface area contributed by atoms with Gasteiger partial charge in [0.05, 0.1) is 19.3 Å². The van der Waals surface area contributed by atoms with Gasteiger partial charge in [0, 0.05) is 37.5 Å². The Morgan fingerprint density at radius 1 is 1.39 bits per heavy atom. The standard InChI is InChI=1S/C18H32N4O6/c19-12-6-10(22-17(25)18(26)8-14(18)20)7-13(24)16(12)28-15-3-1-2-11(27-15)9-21-4-5-23/h2,10,12-16,21,23-24,26H,1,3-9,19-20H2,(H,22,25)/t10?,12?,13?,14?,15-,16-,18?/m1/s1. The normalized spacial score (nSPS) is 40.4. The van der Waals surface area contributed by atoms with Crippen LogP contribution in [0, 0.1) is 0 Å². The Bertz CT molecular complexity index is 578. The Morgan fingerprint density at radius 3 is 2.79 bits per heavy atom. The maximum atomic E-state index is 12.1. The van der Waals surface area contributed by atoms with E-state index >= 15 is 0 Å². The lowest BCUT2D eigenvalue weighted by atomic mass is 9.86. The van der Waals surface area contributed by atoms with E-state index in [9.17, 15) is 15.0 Å². The van der Waals surface area contributed by atoms with Gasteiger partial charge >= 0.3 is 0 Å². The molecule has 0 radical (unpaired) electrons. The summed E-state index contributed by atoms with van der Waals surface area (Å²) >= 11 is 0. The Balaban J connectivity index is 1.47. The number of aliphatic hydroxyl groups is 3. The van der Waals surface area contributed by atoms with Gasteiger partial charge in [0.25, 0.3) is 5.91 Å². The van der Waals surface area contributed by atoms with E-state index < -0.39 is 42.1 Å². The maximum Gasteiger partial charge on any atom is 0.253 e. The van der Waals surface area contributed by atoms with E-state index in [0.717, 1.165) is 12.2 Å². The molecule has 3 aliphatic rings. The summed E-state index contributed by atoms with van der Waals surface area (Å²) in [4.78, 5) is 12.1. The van der Waals surface area contributed by atoms with Crippen molar-refractivity contribution in [2.75, 3.05) is 19.7 Å². The number of allylic oxidation sites excluding steroid dienone is 1. The Labute approximate surface area is 164 Å². The van der Waals surface area contributed by atoms with Crippen LogP contribution in [0.5, 0.6) is 0 Å². The third-order valence-corrected chi connectivity index (χ3v) is 5.55. The molecule has 0 spiro atoms. The second-order valence-electron chi connectivity index (χ2n) is 7.90. The van der Waals surface area contributed by atoms with Gasteiger partial charge in [0.1, 0.15) is 11.9 Å². The monoisotopic (exact) mass is 400 g/mol. The lowest BCUT2D eigenvalue weighted by Crippen LogP contribution is -2.58. The van der Waals surface area contributed by atoms with Crippen LogP contribution in [0.2, 0.25) is 0 Å². The van der Waals surface area contributed by atoms with E-state index in [1.165, 1.54) is 0 Å². The molecule has 1 aliphatic heterocycles.